The molecule has 22 valence electrons. The molecule has 0 N–H and O–H groups in total. The van der Waals surface area contributed by atoms with Crippen LogP contribution < -0.4 is 0 Å². The second-order valence-corrected chi connectivity index (χ2v) is 4.08. The van der Waals surface area contributed by atoms with Crippen LogP contribution in [0.1, 0.15) is 0 Å². The van der Waals surface area contributed by atoms with Crippen LogP contribution >= 0.6 is 16.5 Å². The van der Waals surface area contributed by atoms with E-state index in [4.69, 9.17) is 0 Å². The predicted molar refractivity (Wildman–Crippen MR) is 27.2 cm³/mol. The van der Waals surface area contributed by atoms with Gasteiger partial charge in [-0.15, -0.1) is 0 Å². The Bertz CT molecular complexity index is 33.3. The molecule has 2 unspecified atom stereocenters. The second-order valence-electron chi connectivity index (χ2n) is 0.692. The van der Waals surface area contributed by atoms with Crippen LogP contribution in [-0.4, -0.2) is 0 Å². The van der Waals surface area contributed by atoms with Crippen molar-refractivity contribution in [3.8, 4) is 0 Å². The van der Waals surface area contributed by atoms with Crippen LogP contribution in [0, 0.1) is 0 Å². The van der Waals surface area contributed by atoms with E-state index in [2.05, 4.69) is 11.6 Å². The molecule has 0 aromatic heterocycles. The first-order valence-corrected chi connectivity index (χ1v) is 4.80. The summed E-state index contributed by atoms with van der Waals surface area (Å²) in [7, 11) is 2.03. The first kappa shape index (κ1) is 2.82. The summed E-state index contributed by atoms with van der Waals surface area (Å²) in [5.74, 6) is 4.52. The average Bonchev–Trinajstić information content (AvgIpc) is 0.722. The lowest BCUT2D eigenvalue weighted by Gasteiger charge is -1.82. The third-order valence-corrected chi connectivity index (χ3v) is 3.46. The number of hydrogen-bond acceptors (Lipinski definition) is 0. The van der Waals surface area contributed by atoms with Crippen LogP contribution in [0.5, 0.6) is 0 Å². The zero-order valence-electron chi connectivity index (χ0n) is 2.23. The Balaban J connectivity index is 2.47. The lowest BCUT2D eigenvalue weighted by molar-refractivity contribution is 2.51. The van der Waals surface area contributed by atoms with Crippen LogP contribution in [0.4, 0.5) is 0 Å². The Kier molecular flexibility index (Phi) is 0.810. The van der Waals surface area contributed by atoms with Crippen LogP contribution in [0.15, 0.2) is 11.6 Å². The normalized spacial score (nSPS) is 32.0. The van der Waals surface area contributed by atoms with Crippen molar-refractivity contribution in [2.45, 2.75) is 0 Å². The third kappa shape index (κ3) is 0.315. The number of hydrogen-bond donors (Lipinski definition) is 0. The molecule has 2 heteroatoms. The second kappa shape index (κ2) is 1.15. The highest BCUT2D eigenvalue weighted by atomic mass is 32.0. The van der Waals surface area contributed by atoms with Gasteiger partial charge in [-0.05, 0) is 0 Å². The Morgan fingerprint density at radius 1 is 1.75 bits per heavy atom. The Morgan fingerprint density at radius 2 is 2.00 bits per heavy atom. The maximum atomic E-state index is 2.28. The molecule has 0 aliphatic carbocycles. The summed E-state index contributed by atoms with van der Waals surface area (Å²) in [5, 5.41) is 0. The molecular weight excluding hydrogens is 86.0 g/mol. The van der Waals surface area contributed by atoms with Crippen LogP contribution in [0.2, 0.25) is 0 Å². The minimum atomic E-state index is 0.810. The molecule has 4 heavy (non-hydrogen) atoms. The molecule has 0 nitrogen and oxygen atoms in total. The molecule has 0 aromatic carbocycles. The van der Waals surface area contributed by atoms with E-state index in [1.807, 2.05) is 0 Å². The highest BCUT2D eigenvalue weighted by Gasteiger charge is 1.91. The molecule has 0 bridgehead atoms. The zero-order chi connectivity index (χ0) is 2.83. The van der Waals surface area contributed by atoms with Crippen LogP contribution in [-0.2, 0) is 0 Å². The van der Waals surface area contributed by atoms with Crippen LogP contribution in [0.3, 0.4) is 0 Å². The first-order valence-electron chi connectivity index (χ1n) is 1.24. The highest BCUT2D eigenvalue weighted by Crippen LogP contribution is 2.48. The Labute approximate surface area is 29.1 Å². The SMILES string of the molecule is C1=C[PH2+]P1. The summed E-state index contributed by atoms with van der Waals surface area (Å²) < 4.78 is 0. The van der Waals surface area contributed by atoms with Gasteiger partial charge in [-0.25, -0.2) is 0 Å². The van der Waals surface area contributed by atoms with Gasteiger partial charge in [0.05, 0.1) is 14.1 Å². The summed E-state index contributed by atoms with van der Waals surface area (Å²) in [5.41, 5.74) is 0. The summed E-state index contributed by atoms with van der Waals surface area (Å²) in [4.78, 5) is 0. The summed E-state index contributed by atoms with van der Waals surface area (Å²) >= 11 is 0. The summed E-state index contributed by atoms with van der Waals surface area (Å²) in [6.45, 7) is 0. The lowest BCUT2D eigenvalue weighted by atomic mass is 11.3. The van der Waals surface area contributed by atoms with Gasteiger partial charge < -0.3 is 0 Å². The van der Waals surface area contributed by atoms with Gasteiger partial charge in [0.2, 0.25) is 0 Å². The van der Waals surface area contributed by atoms with E-state index in [9.17, 15) is 0 Å². The fourth-order valence-electron chi connectivity index (χ4n) is 0.0962. The molecule has 0 saturated heterocycles. The third-order valence-electron chi connectivity index (χ3n) is 0.385. The minimum absolute atomic E-state index is 0.810. The zero-order valence-corrected chi connectivity index (χ0v) is 4.39. The Morgan fingerprint density at radius 3 is 2.00 bits per heavy atom. The first-order chi connectivity index (χ1) is 2.00. The molecular formula is C2H5P2+. The van der Waals surface area contributed by atoms with Crippen molar-refractivity contribution in [2.24, 2.45) is 0 Å². The maximum absolute atomic E-state index is 2.28. The van der Waals surface area contributed by atoms with Gasteiger partial charge in [0.25, 0.3) is 0 Å². The van der Waals surface area contributed by atoms with Crippen molar-refractivity contribution in [2.75, 3.05) is 0 Å². The highest BCUT2D eigenvalue weighted by molar-refractivity contribution is 8.17. The fraction of sp³-hybridized carbons (Fsp3) is 0. The molecule has 1 aliphatic heterocycles. The van der Waals surface area contributed by atoms with Crippen molar-refractivity contribution < 1.29 is 0 Å². The molecule has 0 saturated carbocycles. The summed E-state index contributed by atoms with van der Waals surface area (Å²) in [6, 6.07) is 0. The van der Waals surface area contributed by atoms with Gasteiger partial charge >= 0.3 is 0 Å². The van der Waals surface area contributed by atoms with Gasteiger partial charge in [-0.1, -0.05) is 0 Å². The fourth-order valence-corrected chi connectivity index (χ4v) is 0.866. The van der Waals surface area contributed by atoms with Gasteiger partial charge in [0, 0.05) is 14.1 Å². The van der Waals surface area contributed by atoms with Crippen molar-refractivity contribution >= 4 is 16.5 Å². The van der Waals surface area contributed by atoms with Crippen molar-refractivity contribution in [1.82, 2.24) is 0 Å². The van der Waals surface area contributed by atoms with Gasteiger partial charge in [0.15, 0.2) is 0 Å². The molecule has 2 atom stereocenters. The summed E-state index contributed by atoms with van der Waals surface area (Å²) in [6.07, 6.45) is 0. The molecule has 0 amide bonds. The van der Waals surface area contributed by atoms with Gasteiger partial charge in [0.1, 0.15) is 0 Å². The van der Waals surface area contributed by atoms with Crippen molar-refractivity contribution in [3.05, 3.63) is 11.6 Å². The van der Waals surface area contributed by atoms with Crippen molar-refractivity contribution in [1.29, 1.82) is 0 Å². The van der Waals surface area contributed by atoms with E-state index in [0.29, 0.717) is 0 Å². The van der Waals surface area contributed by atoms with E-state index < -0.39 is 0 Å². The van der Waals surface area contributed by atoms with E-state index in [0.717, 1.165) is 8.27 Å². The van der Waals surface area contributed by atoms with E-state index >= 15 is 0 Å². The van der Waals surface area contributed by atoms with Gasteiger partial charge in [-0.3, -0.25) is 0 Å². The predicted octanol–water partition coefficient (Wildman–Crippen LogP) is 1.48. The lowest BCUT2D eigenvalue weighted by Crippen LogP contribution is -1.37. The molecule has 1 aliphatic rings. The molecule has 0 spiro atoms. The molecule has 1 heterocycles. The van der Waals surface area contributed by atoms with E-state index in [-0.39, 0.29) is 0 Å². The van der Waals surface area contributed by atoms with Crippen molar-refractivity contribution in [3.63, 3.8) is 0 Å². The number of rotatable bonds is 0. The smallest absolute Gasteiger partial charge is 0.00962 e. The minimum Gasteiger partial charge on any atom is 0.00962 e. The Hall–Kier alpha value is 0.600. The van der Waals surface area contributed by atoms with Gasteiger partial charge in [-0.2, -0.15) is 0 Å². The monoisotopic (exact) mass is 91.0 g/mol. The van der Waals surface area contributed by atoms with E-state index in [1.54, 1.807) is 0 Å². The largest absolute Gasteiger partial charge is 0.0685 e. The average molecular weight is 91.0 g/mol. The van der Waals surface area contributed by atoms with E-state index in [1.165, 1.54) is 8.27 Å². The quantitative estimate of drug-likeness (QED) is 0.396. The molecule has 0 aromatic rings. The molecule has 0 fully saturated rings. The maximum Gasteiger partial charge on any atom is 0.0685 e. The molecule has 1 rings (SSSR count). The standard InChI is InChI=1S/C2H4P2/c1-2-4-3-1/h1-4H/p+1. The van der Waals surface area contributed by atoms with Crippen LogP contribution in [0.25, 0.3) is 0 Å². The topological polar surface area (TPSA) is 0 Å². The molecule has 0 radical (unpaired) electrons.